The number of rotatable bonds is 3. The molecule has 1 aliphatic heterocycles. The van der Waals surface area contributed by atoms with Crippen molar-refractivity contribution in [3.63, 3.8) is 0 Å². The maximum Gasteiger partial charge on any atom is 0.227 e. The van der Waals surface area contributed by atoms with Gasteiger partial charge >= 0.3 is 0 Å². The van der Waals surface area contributed by atoms with E-state index in [1.54, 1.807) is 13.3 Å². The second-order valence-corrected chi connectivity index (χ2v) is 5.34. The molecule has 2 atom stereocenters. The summed E-state index contributed by atoms with van der Waals surface area (Å²) in [5.74, 6) is 1.17. The number of carbonyl (C=O) groups is 1. The first-order valence-corrected chi connectivity index (χ1v) is 7.07. The van der Waals surface area contributed by atoms with Crippen LogP contribution in [0, 0.1) is 5.92 Å². The normalized spacial score (nSPS) is 21.6. The molecular formula is C17H18N2O2. The summed E-state index contributed by atoms with van der Waals surface area (Å²) in [6.07, 6.45) is 2.32. The molecule has 3 rings (SSSR count). The standard InChI is InChI=1S/C17H18N2O2/c1-12-11-16(20)19(13-6-8-14(21-2)9-7-13)17(12)15-5-3-4-10-18-15/h3-10,12,17H,11H2,1-2H3. The Morgan fingerprint density at radius 2 is 1.95 bits per heavy atom. The van der Waals surface area contributed by atoms with Crippen molar-refractivity contribution >= 4 is 11.6 Å². The molecule has 2 aromatic rings. The Bertz CT molecular complexity index is 625. The van der Waals surface area contributed by atoms with E-state index < -0.39 is 0 Å². The fraction of sp³-hybridized carbons (Fsp3) is 0.294. The van der Waals surface area contributed by atoms with Crippen LogP contribution in [0.3, 0.4) is 0 Å². The van der Waals surface area contributed by atoms with E-state index in [0.29, 0.717) is 6.42 Å². The van der Waals surface area contributed by atoms with Crippen molar-refractivity contribution in [2.75, 3.05) is 12.0 Å². The molecule has 2 unspecified atom stereocenters. The molecule has 21 heavy (non-hydrogen) atoms. The molecule has 0 radical (unpaired) electrons. The number of anilines is 1. The zero-order valence-electron chi connectivity index (χ0n) is 12.2. The Balaban J connectivity index is 1.99. The molecule has 108 valence electrons. The highest BCUT2D eigenvalue weighted by molar-refractivity contribution is 5.96. The van der Waals surface area contributed by atoms with Crippen LogP contribution in [0.15, 0.2) is 48.7 Å². The first kappa shape index (κ1) is 13.6. The average Bonchev–Trinajstić information content (AvgIpc) is 2.82. The van der Waals surface area contributed by atoms with Gasteiger partial charge in [-0.15, -0.1) is 0 Å². The molecule has 4 nitrogen and oxygen atoms in total. The van der Waals surface area contributed by atoms with Gasteiger partial charge in [0.25, 0.3) is 0 Å². The highest BCUT2D eigenvalue weighted by atomic mass is 16.5. The van der Waals surface area contributed by atoms with Crippen molar-refractivity contribution in [1.29, 1.82) is 0 Å². The maximum atomic E-state index is 12.4. The molecule has 2 heterocycles. The highest BCUT2D eigenvalue weighted by Gasteiger charge is 2.39. The number of ether oxygens (including phenoxy) is 1. The van der Waals surface area contributed by atoms with Gasteiger partial charge in [-0.25, -0.2) is 0 Å². The summed E-state index contributed by atoms with van der Waals surface area (Å²) < 4.78 is 5.18. The van der Waals surface area contributed by atoms with E-state index >= 15 is 0 Å². The smallest absolute Gasteiger partial charge is 0.227 e. The van der Waals surface area contributed by atoms with Gasteiger partial charge in [-0.05, 0) is 42.3 Å². The summed E-state index contributed by atoms with van der Waals surface area (Å²) in [4.78, 5) is 18.7. The number of benzene rings is 1. The molecular weight excluding hydrogens is 264 g/mol. The molecule has 1 aromatic carbocycles. The Kier molecular flexibility index (Phi) is 3.60. The van der Waals surface area contributed by atoms with Gasteiger partial charge < -0.3 is 9.64 Å². The quantitative estimate of drug-likeness (QED) is 0.868. The number of pyridine rings is 1. The molecule has 0 spiro atoms. The first-order chi connectivity index (χ1) is 10.2. The molecule has 1 saturated heterocycles. The van der Waals surface area contributed by atoms with Gasteiger partial charge in [0.2, 0.25) is 5.91 Å². The van der Waals surface area contributed by atoms with Crippen LogP contribution in [-0.2, 0) is 4.79 Å². The van der Waals surface area contributed by atoms with Crippen molar-refractivity contribution in [3.8, 4) is 5.75 Å². The third kappa shape index (κ3) is 2.49. The second kappa shape index (κ2) is 5.56. The first-order valence-electron chi connectivity index (χ1n) is 7.07. The lowest BCUT2D eigenvalue weighted by molar-refractivity contribution is -0.117. The van der Waals surface area contributed by atoms with E-state index in [2.05, 4.69) is 11.9 Å². The zero-order valence-corrected chi connectivity index (χ0v) is 12.2. The Morgan fingerprint density at radius 1 is 1.19 bits per heavy atom. The molecule has 0 saturated carbocycles. The predicted molar refractivity (Wildman–Crippen MR) is 81.2 cm³/mol. The van der Waals surface area contributed by atoms with Gasteiger partial charge in [0.1, 0.15) is 5.75 Å². The largest absolute Gasteiger partial charge is 0.497 e. The lowest BCUT2D eigenvalue weighted by Crippen LogP contribution is -2.28. The van der Waals surface area contributed by atoms with E-state index in [1.807, 2.05) is 47.4 Å². The molecule has 0 bridgehead atoms. The number of aromatic nitrogens is 1. The maximum absolute atomic E-state index is 12.4. The third-order valence-corrected chi connectivity index (χ3v) is 3.92. The third-order valence-electron chi connectivity index (χ3n) is 3.92. The summed E-state index contributed by atoms with van der Waals surface area (Å²) in [6, 6.07) is 13.4. The molecule has 0 aliphatic carbocycles. The fourth-order valence-corrected chi connectivity index (χ4v) is 2.92. The predicted octanol–water partition coefficient (Wildman–Crippen LogP) is 3.20. The zero-order chi connectivity index (χ0) is 14.8. The Morgan fingerprint density at radius 3 is 2.57 bits per heavy atom. The van der Waals surface area contributed by atoms with E-state index in [0.717, 1.165) is 17.1 Å². The van der Waals surface area contributed by atoms with Crippen LogP contribution in [-0.4, -0.2) is 18.0 Å². The average molecular weight is 282 g/mol. The van der Waals surface area contributed by atoms with Crippen LogP contribution >= 0.6 is 0 Å². The Labute approximate surface area is 124 Å². The lowest BCUT2D eigenvalue weighted by Gasteiger charge is -2.26. The van der Waals surface area contributed by atoms with Crippen molar-refractivity contribution in [3.05, 3.63) is 54.4 Å². The number of hydrogen-bond donors (Lipinski definition) is 0. The van der Waals surface area contributed by atoms with Crippen LogP contribution in [0.1, 0.15) is 25.1 Å². The SMILES string of the molecule is COc1ccc(N2C(=O)CC(C)C2c2ccccn2)cc1. The van der Waals surface area contributed by atoms with Crippen LogP contribution in [0.5, 0.6) is 5.75 Å². The van der Waals surface area contributed by atoms with Gasteiger partial charge in [-0.2, -0.15) is 0 Å². The van der Waals surface area contributed by atoms with Crippen LogP contribution < -0.4 is 9.64 Å². The van der Waals surface area contributed by atoms with E-state index in [-0.39, 0.29) is 17.9 Å². The summed E-state index contributed by atoms with van der Waals surface area (Å²) in [5.41, 5.74) is 1.83. The van der Waals surface area contributed by atoms with Crippen molar-refractivity contribution < 1.29 is 9.53 Å². The van der Waals surface area contributed by atoms with Gasteiger partial charge in [0.15, 0.2) is 0 Å². The van der Waals surface area contributed by atoms with Gasteiger partial charge in [0.05, 0.1) is 18.8 Å². The minimum atomic E-state index is -0.00732. The topological polar surface area (TPSA) is 42.4 Å². The van der Waals surface area contributed by atoms with Gasteiger partial charge in [0, 0.05) is 18.3 Å². The number of nitrogens with zero attached hydrogens (tertiary/aromatic N) is 2. The van der Waals surface area contributed by atoms with Crippen LogP contribution in [0.25, 0.3) is 0 Å². The van der Waals surface area contributed by atoms with E-state index in [4.69, 9.17) is 4.74 Å². The highest BCUT2D eigenvalue weighted by Crippen LogP contribution is 2.40. The fourth-order valence-electron chi connectivity index (χ4n) is 2.92. The van der Waals surface area contributed by atoms with Gasteiger partial charge in [-0.1, -0.05) is 13.0 Å². The molecule has 1 aromatic heterocycles. The van der Waals surface area contributed by atoms with Crippen LogP contribution in [0.2, 0.25) is 0 Å². The van der Waals surface area contributed by atoms with E-state index in [9.17, 15) is 4.79 Å². The molecule has 1 fully saturated rings. The number of hydrogen-bond acceptors (Lipinski definition) is 3. The van der Waals surface area contributed by atoms with E-state index in [1.165, 1.54) is 0 Å². The number of methoxy groups -OCH3 is 1. The van der Waals surface area contributed by atoms with Crippen molar-refractivity contribution in [2.45, 2.75) is 19.4 Å². The molecule has 0 N–H and O–H groups in total. The van der Waals surface area contributed by atoms with Crippen molar-refractivity contribution in [2.24, 2.45) is 5.92 Å². The van der Waals surface area contributed by atoms with Crippen LogP contribution in [0.4, 0.5) is 5.69 Å². The number of amides is 1. The summed E-state index contributed by atoms with van der Waals surface area (Å²) >= 11 is 0. The summed E-state index contributed by atoms with van der Waals surface area (Å²) in [6.45, 7) is 2.10. The molecule has 1 aliphatic rings. The lowest BCUT2D eigenvalue weighted by atomic mass is 9.99. The van der Waals surface area contributed by atoms with Crippen molar-refractivity contribution in [1.82, 2.24) is 4.98 Å². The Hall–Kier alpha value is -2.36. The monoisotopic (exact) mass is 282 g/mol. The summed E-state index contributed by atoms with van der Waals surface area (Å²) in [5, 5.41) is 0. The minimum Gasteiger partial charge on any atom is -0.497 e. The molecule has 1 amide bonds. The second-order valence-electron chi connectivity index (χ2n) is 5.34. The summed E-state index contributed by atoms with van der Waals surface area (Å²) in [7, 11) is 1.63. The minimum absolute atomic E-state index is 0.00732. The van der Waals surface area contributed by atoms with Gasteiger partial charge in [-0.3, -0.25) is 9.78 Å². The number of carbonyl (C=O) groups excluding carboxylic acids is 1. The molecule has 4 heteroatoms.